The van der Waals surface area contributed by atoms with Gasteiger partial charge in [0.2, 0.25) is 0 Å². The molecule has 0 unspecified atom stereocenters. The van der Waals surface area contributed by atoms with E-state index in [1.807, 2.05) is 35.6 Å². The van der Waals surface area contributed by atoms with Gasteiger partial charge in [0.05, 0.1) is 0 Å². The number of rotatable bonds is 9. The lowest BCUT2D eigenvalue weighted by atomic mass is 10.1. The van der Waals surface area contributed by atoms with Gasteiger partial charge in [-0.05, 0) is 31.5 Å². The third-order valence-electron chi connectivity index (χ3n) is 4.91. The fraction of sp³-hybridized carbons (Fsp3) is 0.238. The summed E-state index contributed by atoms with van der Waals surface area (Å²) in [5.74, 6) is -8.11. The molecule has 10 N–H and O–H groups in total. The van der Waals surface area contributed by atoms with Crippen LogP contribution in [0.1, 0.15) is 16.8 Å². The number of hydrogen-bond donors (Lipinski definition) is 9. The number of carbonyl (C=O) groups is 1. The fourth-order valence-corrected chi connectivity index (χ4v) is 3.68. The molecule has 11 nitrogen and oxygen atoms in total. The van der Waals surface area contributed by atoms with Gasteiger partial charge >= 0.3 is 0 Å². The molecule has 0 spiro atoms. The van der Waals surface area contributed by atoms with Gasteiger partial charge in [-0.15, -0.1) is 11.3 Å². The van der Waals surface area contributed by atoms with Crippen LogP contribution in [0, 0.1) is 0 Å². The fourth-order valence-electron chi connectivity index (χ4n) is 3.08. The maximum absolute atomic E-state index is 12.3. The zero-order valence-electron chi connectivity index (χ0n) is 17.3. The number of aromatic nitrogens is 1. The summed E-state index contributed by atoms with van der Waals surface area (Å²) in [4.78, 5) is 15.9. The van der Waals surface area contributed by atoms with Gasteiger partial charge in [-0.25, -0.2) is 4.98 Å². The second-order valence-corrected chi connectivity index (χ2v) is 8.07. The molecule has 12 heteroatoms. The van der Waals surface area contributed by atoms with Gasteiger partial charge in [0.15, 0.2) is 28.1 Å². The number of aliphatic hydroxyl groups is 2. The van der Waals surface area contributed by atoms with Gasteiger partial charge < -0.3 is 47.0 Å². The molecule has 2 aromatic carbocycles. The van der Waals surface area contributed by atoms with Crippen molar-refractivity contribution in [3.8, 4) is 23.0 Å². The van der Waals surface area contributed by atoms with Gasteiger partial charge in [0.25, 0.3) is 11.7 Å². The summed E-state index contributed by atoms with van der Waals surface area (Å²) >= 11 is 0.860. The summed E-state index contributed by atoms with van der Waals surface area (Å²) in [6, 6.07) is 9.75. The number of nitrogen functional groups attached to an aromatic ring is 1. The van der Waals surface area contributed by atoms with Crippen LogP contribution in [0.25, 0.3) is 0 Å². The SMILES string of the molecule is Nc1nc(C(O)(O)C(=O)Nc2c(O)c(O)c(CCNCCc3ccccc3)c(O)c2O)cs1. The van der Waals surface area contributed by atoms with Crippen molar-refractivity contribution in [3.05, 3.63) is 52.5 Å². The van der Waals surface area contributed by atoms with Crippen LogP contribution >= 0.6 is 11.3 Å². The summed E-state index contributed by atoms with van der Waals surface area (Å²) in [6.07, 6.45) is 0.804. The van der Waals surface area contributed by atoms with Crippen LogP contribution in [0.2, 0.25) is 0 Å². The number of nitrogens with zero attached hydrogens (tertiary/aromatic N) is 1. The van der Waals surface area contributed by atoms with Crippen molar-refractivity contribution in [2.75, 3.05) is 24.1 Å². The maximum Gasteiger partial charge on any atom is 0.291 e. The normalized spacial score (nSPS) is 11.5. The largest absolute Gasteiger partial charge is 0.504 e. The Hall–Kier alpha value is -3.58. The molecule has 0 atom stereocenters. The Labute approximate surface area is 192 Å². The van der Waals surface area contributed by atoms with E-state index in [1.165, 1.54) is 0 Å². The summed E-state index contributed by atoms with van der Waals surface area (Å²) in [7, 11) is 0. The highest BCUT2D eigenvalue weighted by atomic mass is 32.1. The Bertz CT molecular complexity index is 1110. The minimum Gasteiger partial charge on any atom is -0.504 e. The number of carbonyl (C=O) groups excluding carboxylic acids is 1. The Kier molecular flexibility index (Phi) is 7.23. The number of anilines is 2. The first-order valence-electron chi connectivity index (χ1n) is 9.84. The number of nitrogens with two attached hydrogens (primary N) is 1. The van der Waals surface area contributed by atoms with Crippen molar-refractivity contribution >= 4 is 28.1 Å². The van der Waals surface area contributed by atoms with E-state index in [4.69, 9.17) is 5.73 Å². The number of thiazole rings is 1. The number of benzene rings is 2. The van der Waals surface area contributed by atoms with E-state index in [2.05, 4.69) is 10.3 Å². The molecule has 0 bridgehead atoms. The minimum absolute atomic E-state index is 0.0204. The van der Waals surface area contributed by atoms with Crippen LogP contribution in [-0.2, 0) is 23.4 Å². The van der Waals surface area contributed by atoms with Crippen LogP contribution in [0.5, 0.6) is 23.0 Å². The lowest BCUT2D eigenvalue weighted by molar-refractivity contribution is -0.185. The van der Waals surface area contributed by atoms with Crippen LogP contribution in [0.4, 0.5) is 10.8 Å². The van der Waals surface area contributed by atoms with E-state index in [1.54, 1.807) is 0 Å². The van der Waals surface area contributed by atoms with Crippen LogP contribution < -0.4 is 16.4 Å². The first-order valence-corrected chi connectivity index (χ1v) is 10.7. The van der Waals surface area contributed by atoms with Gasteiger partial charge in [0, 0.05) is 10.9 Å². The Morgan fingerprint density at radius 2 is 1.58 bits per heavy atom. The summed E-state index contributed by atoms with van der Waals surface area (Å²) in [5, 5.41) is 67.4. The summed E-state index contributed by atoms with van der Waals surface area (Å²) < 4.78 is 0. The van der Waals surface area contributed by atoms with Crippen molar-refractivity contribution in [2.45, 2.75) is 18.6 Å². The number of nitrogens with one attached hydrogen (secondary N) is 2. The maximum atomic E-state index is 12.3. The van der Waals surface area contributed by atoms with E-state index in [0.29, 0.717) is 13.1 Å². The standard InChI is InChI=1S/C21H24N4O7S/c22-20-24-13(10-33-20)21(31,32)19(30)25-14-17(28)15(26)12(16(27)18(14)29)7-9-23-8-6-11-4-2-1-3-5-11/h1-5,10,23,26-29,31-32H,6-9H2,(H2,22,24)(H,25,30). The third kappa shape index (κ3) is 5.26. The smallest absolute Gasteiger partial charge is 0.291 e. The van der Waals surface area contributed by atoms with Gasteiger partial charge in [-0.1, -0.05) is 30.3 Å². The number of phenolic OH excluding ortho intramolecular Hbond substituents is 4. The van der Waals surface area contributed by atoms with Gasteiger partial charge in [-0.2, -0.15) is 0 Å². The average molecular weight is 477 g/mol. The predicted molar refractivity (Wildman–Crippen MR) is 121 cm³/mol. The molecule has 0 fully saturated rings. The number of amides is 1. The zero-order chi connectivity index (χ0) is 24.2. The molecule has 33 heavy (non-hydrogen) atoms. The molecule has 0 saturated heterocycles. The number of phenols is 4. The van der Waals surface area contributed by atoms with Crippen molar-refractivity contribution in [2.24, 2.45) is 0 Å². The van der Waals surface area contributed by atoms with Gasteiger partial charge in [-0.3, -0.25) is 4.79 Å². The molecular formula is C21H24N4O7S. The molecule has 1 amide bonds. The highest BCUT2D eigenvalue weighted by molar-refractivity contribution is 7.13. The molecule has 3 rings (SSSR count). The highest BCUT2D eigenvalue weighted by Gasteiger charge is 2.39. The van der Waals surface area contributed by atoms with Gasteiger partial charge in [0.1, 0.15) is 11.4 Å². The molecule has 0 aliphatic heterocycles. The lowest BCUT2D eigenvalue weighted by Crippen LogP contribution is -2.40. The Morgan fingerprint density at radius 3 is 2.15 bits per heavy atom. The first-order chi connectivity index (χ1) is 15.6. The van der Waals surface area contributed by atoms with E-state index in [-0.39, 0.29) is 17.1 Å². The van der Waals surface area contributed by atoms with Crippen LogP contribution in [0.3, 0.4) is 0 Å². The quantitative estimate of drug-likeness (QED) is 0.0915. The molecule has 0 saturated carbocycles. The Morgan fingerprint density at radius 1 is 0.970 bits per heavy atom. The second-order valence-electron chi connectivity index (χ2n) is 7.18. The number of hydrogen-bond acceptors (Lipinski definition) is 11. The monoisotopic (exact) mass is 476 g/mol. The molecule has 176 valence electrons. The second kappa shape index (κ2) is 9.92. The highest BCUT2D eigenvalue weighted by Crippen LogP contribution is 2.50. The van der Waals surface area contributed by atoms with E-state index in [0.717, 1.165) is 28.7 Å². The Balaban J connectivity index is 1.69. The number of aromatic hydroxyl groups is 4. The first kappa shape index (κ1) is 24.1. The summed E-state index contributed by atoms with van der Waals surface area (Å²) in [6.45, 7) is 0.925. The van der Waals surface area contributed by atoms with E-state index >= 15 is 0 Å². The molecule has 3 aromatic rings. The zero-order valence-corrected chi connectivity index (χ0v) is 18.1. The molecule has 0 radical (unpaired) electrons. The van der Waals surface area contributed by atoms with E-state index < -0.39 is 46.1 Å². The van der Waals surface area contributed by atoms with Crippen LogP contribution in [-0.4, -0.2) is 54.6 Å². The molecule has 0 aliphatic carbocycles. The average Bonchev–Trinajstić information content (AvgIpc) is 3.25. The van der Waals surface area contributed by atoms with Crippen molar-refractivity contribution in [1.29, 1.82) is 0 Å². The topological polar surface area (TPSA) is 201 Å². The molecular weight excluding hydrogens is 452 g/mol. The van der Waals surface area contributed by atoms with E-state index in [9.17, 15) is 35.4 Å². The summed E-state index contributed by atoms with van der Waals surface area (Å²) in [5.41, 5.74) is 5.13. The molecule has 1 aromatic heterocycles. The van der Waals surface area contributed by atoms with Crippen molar-refractivity contribution in [1.82, 2.24) is 10.3 Å². The predicted octanol–water partition coefficient (Wildman–Crippen LogP) is 0.699. The van der Waals surface area contributed by atoms with Crippen molar-refractivity contribution < 1.29 is 35.4 Å². The minimum atomic E-state index is -3.15. The third-order valence-corrected chi connectivity index (χ3v) is 5.59. The molecule has 0 aliphatic rings. The lowest BCUT2D eigenvalue weighted by Gasteiger charge is -2.21. The van der Waals surface area contributed by atoms with Crippen molar-refractivity contribution in [3.63, 3.8) is 0 Å². The molecule has 1 heterocycles. The van der Waals surface area contributed by atoms with Crippen LogP contribution in [0.15, 0.2) is 35.7 Å².